The van der Waals surface area contributed by atoms with Crippen molar-refractivity contribution >= 4 is 5.91 Å². The van der Waals surface area contributed by atoms with Gasteiger partial charge in [-0.25, -0.2) is 4.98 Å². The van der Waals surface area contributed by atoms with E-state index in [4.69, 9.17) is 11.0 Å². The lowest BCUT2D eigenvalue weighted by Gasteiger charge is -2.48. The molecule has 0 spiro atoms. The van der Waals surface area contributed by atoms with Gasteiger partial charge in [-0.3, -0.25) is 14.6 Å². The summed E-state index contributed by atoms with van der Waals surface area (Å²) in [5.41, 5.74) is 7.04. The van der Waals surface area contributed by atoms with Crippen LogP contribution in [0.2, 0.25) is 0 Å². The topological polar surface area (TPSA) is 122 Å². The van der Waals surface area contributed by atoms with Crippen molar-refractivity contribution in [2.75, 3.05) is 26.2 Å². The third-order valence-electron chi connectivity index (χ3n) is 6.88. The van der Waals surface area contributed by atoms with E-state index in [2.05, 4.69) is 25.8 Å². The van der Waals surface area contributed by atoms with E-state index in [1.54, 1.807) is 6.33 Å². The molecule has 2 aliphatic rings. The number of H-pyrrole nitrogens is 1. The van der Waals surface area contributed by atoms with Crippen molar-refractivity contribution in [3.05, 3.63) is 53.6 Å². The lowest BCUT2D eigenvalue weighted by molar-refractivity contribution is -0.151. The zero-order valence-electron chi connectivity index (χ0n) is 17.7. The number of primary amides is 1. The van der Waals surface area contributed by atoms with Crippen molar-refractivity contribution in [2.24, 2.45) is 5.73 Å². The number of nitrogens with zero attached hydrogens (tertiary/aromatic N) is 4. The molecule has 1 aromatic carbocycles. The molecule has 8 nitrogen and oxygen atoms in total. The first-order chi connectivity index (χ1) is 15.0. The quantitative estimate of drug-likeness (QED) is 0.646. The molecule has 0 bridgehead atoms. The van der Waals surface area contributed by atoms with E-state index in [-0.39, 0.29) is 12.1 Å². The number of carbonyl (C=O) groups excluding carboxylic acids is 1. The monoisotopic (exact) mass is 422 g/mol. The molecule has 0 radical (unpaired) electrons. The predicted octanol–water partition coefficient (Wildman–Crippen LogP) is 1.34. The summed E-state index contributed by atoms with van der Waals surface area (Å²) in [4.78, 5) is 24.2. The van der Waals surface area contributed by atoms with Crippen LogP contribution in [0.5, 0.6) is 0 Å². The second-order valence-corrected chi connectivity index (χ2v) is 8.66. The number of benzene rings is 1. The smallest absolute Gasteiger partial charge is 0.251 e. The summed E-state index contributed by atoms with van der Waals surface area (Å²) in [5.74, 6) is -0.601. The fourth-order valence-electron chi connectivity index (χ4n) is 5.09. The maximum Gasteiger partial charge on any atom is 0.251 e. The summed E-state index contributed by atoms with van der Waals surface area (Å²) < 4.78 is 0. The summed E-state index contributed by atoms with van der Waals surface area (Å²) in [7, 11) is 0. The number of nitrogens with two attached hydrogens (primary N) is 1. The molecule has 1 aliphatic carbocycles. The molecule has 1 aliphatic heterocycles. The Balaban J connectivity index is 1.46. The summed E-state index contributed by atoms with van der Waals surface area (Å²) >= 11 is 0. The first kappa shape index (κ1) is 21.5. The molecule has 31 heavy (non-hydrogen) atoms. The van der Waals surface area contributed by atoms with Crippen molar-refractivity contribution in [3.8, 4) is 6.07 Å². The fraction of sp³-hybridized carbons (Fsp3) is 0.522. The van der Waals surface area contributed by atoms with Gasteiger partial charge >= 0.3 is 0 Å². The van der Waals surface area contributed by atoms with Gasteiger partial charge in [0.2, 0.25) is 0 Å². The minimum absolute atomic E-state index is 0.138. The second-order valence-electron chi connectivity index (χ2n) is 8.66. The van der Waals surface area contributed by atoms with Crippen LogP contribution in [0.3, 0.4) is 0 Å². The van der Waals surface area contributed by atoms with Crippen LogP contribution < -0.4 is 5.73 Å². The summed E-state index contributed by atoms with van der Waals surface area (Å²) in [6.07, 6.45) is 7.47. The Labute approximate surface area is 182 Å². The number of piperazine rings is 1. The van der Waals surface area contributed by atoms with Gasteiger partial charge < -0.3 is 15.8 Å². The van der Waals surface area contributed by atoms with Crippen molar-refractivity contribution in [2.45, 2.75) is 49.8 Å². The van der Waals surface area contributed by atoms with Gasteiger partial charge in [-0.2, -0.15) is 5.26 Å². The Morgan fingerprint density at radius 2 is 2.03 bits per heavy atom. The first-order valence-corrected chi connectivity index (χ1v) is 11.0. The Kier molecular flexibility index (Phi) is 6.37. The van der Waals surface area contributed by atoms with E-state index in [0.717, 1.165) is 63.1 Å². The third-order valence-corrected chi connectivity index (χ3v) is 6.88. The van der Waals surface area contributed by atoms with Crippen LogP contribution >= 0.6 is 0 Å². The highest BCUT2D eigenvalue weighted by molar-refractivity contribution is 5.84. The van der Waals surface area contributed by atoms with Crippen LogP contribution in [-0.2, 0) is 11.2 Å². The van der Waals surface area contributed by atoms with Crippen LogP contribution in [0.15, 0.2) is 36.8 Å². The average Bonchev–Trinajstić information content (AvgIpc) is 3.33. The van der Waals surface area contributed by atoms with Crippen LogP contribution in [0.4, 0.5) is 0 Å². The van der Waals surface area contributed by atoms with Crippen molar-refractivity contribution in [3.63, 3.8) is 0 Å². The van der Waals surface area contributed by atoms with Crippen molar-refractivity contribution in [1.29, 1.82) is 5.26 Å². The van der Waals surface area contributed by atoms with Gasteiger partial charge in [0.05, 0.1) is 29.7 Å². The normalized spacial score (nSPS) is 26.3. The molecule has 1 aromatic heterocycles. The fourth-order valence-corrected chi connectivity index (χ4v) is 5.09. The number of nitrogens with one attached hydrogen (secondary N) is 1. The molecule has 164 valence electrons. The third kappa shape index (κ3) is 4.49. The van der Waals surface area contributed by atoms with Gasteiger partial charge in [0.25, 0.3) is 5.91 Å². The molecule has 2 fully saturated rings. The standard InChI is InChI=1S/C23H30N6O2/c24-14-18-6-4-17(5-7-18)13-20(19-15-26-16-27-19)28-9-11-29(12-10-28)21-3-1-2-8-23(21,31)22(25)30/h4-7,15-16,20-21,31H,1-3,8-13H2,(H2,25,30)(H,26,27). The number of nitriles is 1. The molecular formula is C23H30N6O2. The zero-order chi connectivity index (χ0) is 21.8. The maximum atomic E-state index is 12.0. The Hall–Kier alpha value is -2.73. The number of aromatic amines is 1. The lowest BCUT2D eigenvalue weighted by Crippen LogP contribution is -2.64. The van der Waals surface area contributed by atoms with E-state index >= 15 is 0 Å². The molecule has 1 saturated carbocycles. The Morgan fingerprint density at radius 1 is 1.29 bits per heavy atom. The van der Waals surface area contributed by atoms with E-state index in [1.165, 1.54) is 0 Å². The van der Waals surface area contributed by atoms with E-state index in [0.29, 0.717) is 12.0 Å². The number of rotatable bonds is 6. The van der Waals surface area contributed by atoms with Gasteiger partial charge in [0.1, 0.15) is 0 Å². The van der Waals surface area contributed by atoms with Crippen LogP contribution in [-0.4, -0.2) is 68.6 Å². The highest BCUT2D eigenvalue weighted by atomic mass is 16.3. The molecule has 2 heterocycles. The molecular weight excluding hydrogens is 392 g/mol. The van der Waals surface area contributed by atoms with Crippen LogP contribution in [0.25, 0.3) is 0 Å². The zero-order valence-corrected chi connectivity index (χ0v) is 17.7. The van der Waals surface area contributed by atoms with Gasteiger partial charge in [-0.05, 0) is 43.4 Å². The average molecular weight is 423 g/mol. The van der Waals surface area contributed by atoms with Crippen LogP contribution in [0.1, 0.15) is 48.5 Å². The predicted molar refractivity (Wildman–Crippen MR) is 116 cm³/mol. The number of hydrogen-bond acceptors (Lipinski definition) is 6. The lowest BCUT2D eigenvalue weighted by atomic mass is 9.78. The molecule has 3 atom stereocenters. The van der Waals surface area contributed by atoms with Crippen molar-refractivity contribution in [1.82, 2.24) is 19.8 Å². The molecule has 1 amide bonds. The minimum atomic E-state index is -1.42. The highest BCUT2D eigenvalue weighted by Crippen LogP contribution is 2.34. The largest absolute Gasteiger partial charge is 0.378 e. The van der Waals surface area contributed by atoms with Crippen molar-refractivity contribution < 1.29 is 9.90 Å². The second kappa shape index (κ2) is 9.18. The van der Waals surface area contributed by atoms with Gasteiger partial charge in [-0.1, -0.05) is 18.6 Å². The number of imidazole rings is 1. The minimum Gasteiger partial charge on any atom is -0.378 e. The summed E-state index contributed by atoms with van der Waals surface area (Å²) in [6.45, 7) is 3.20. The van der Waals surface area contributed by atoms with E-state index in [9.17, 15) is 9.90 Å². The van der Waals surface area contributed by atoms with Crippen LogP contribution in [0, 0.1) is 11.3 Å². The number of aliphatic hydroxyl groups is 1. The van der Waals surface area contributed by atoms with E-state index < -0.39 is 11.5 Å². The molecule has 3 unspecified atom stereocenters. The van der Waals surface area contributed by atoms with Gasteiger partial charge in [0, 0.05) is 38.4 Å². The SMILES string of the molecule is N#Cc1ccc(CC(c2cnc[nH]2)N2CCN(C3CCCCC3(O)C(N)=O)CC2)cc1. The molecule has 4 N–H and O–H groups in total. The molecule has 4 rings (SSSR count). The Morgan fingerprint density at radius 3 is 2.65 bits per heavy atom. The van der Waals surface area contributed by atoms with Gasteiger partial charge in [0.15, 0.2) is 5.60 Å². The maximum absolute atomic E-state index is 12.0. The molecule has 1 saturated heterocycles. The summed E-state index contributed by atoms with van der Waals surface area (Å²) in [6, 6.07) is 9.82. The number of carbonyl (C=O) groups is 1. The Bertz CT molecular complexity index is 915. The highest BCUT2D eigenvalue weighted by Gasteiger charge is 2.47. The summed E-state index contributed by atoms with van der Waals surface area (Å²) in [5, 5.41) is 20.0. The van der Waals surface area contributed by atoms with E-state index in [1.807, 2.05) is 30.5 Å². The molecule has 2 aromatic rings. The number of hydrogen-bond donors (Lipinski definition) is 3. The van der Waals surface area contributed by atoms with Gasteiger partial charge in [-0.15, -0.1) is 0 Å². The number of amides is 1. The first-order valence-electron chi connectivity index (χ1n) is 11.0. The molecule has 8 heteroatoms. The number of aromatic nitrogens is 2.